The first-order chi connectivity index (χ1) is 8.56. The Morgan fingerprint density at radius 1 is 1.17 bits per heavy atom. The van der Waals surface area contributed by atoms with Crippen LogP contribution in [0.5, 0.6) is 0 Å². The second-order valence-electron chi connectivity index (χ2n) is 6.97. The lowest BCUT2D eigenvalue weighted by Crippen LogP contribution is -2.68. The van der Waals surface area contributed by atoms with Crippen molar-refractivity contribution in [2.75, 3.05) is 19.7 Å². The summed E-state index contributed by atoms with van der Waals surface area (Å²) >= 11 is 0. The van der Waals surface area contributed by atoms with Crippen LogP contribution in [0.2, 0.25) is 0 Å². The molecule has 2 saturated heterocycles. The molecule has 3 fully saturated rings. The van der Waals surface area contributed by atoms with Gasteiger partial charge in [-0.25, -0.2) is 0 Å². The molecular formula is C15H28N2O. The molecule has 3 heteroatoms. The van der Waals surface area contributed by atoms with Crippen LogP contribution in [-0.4, -0.2) is 47.8 Å². The molecule has 0 amide bonds. The monoisotopic (exact) mass is 252 g/mol. The van der Waals surface area contributed by atoms with Crippen molar-refractivity contribution in [1.29, 1.82) is 0 Å². The third-order valence-electron chi connectivity index (χ3n) is 5.85. The van der Waals surface area contributed by atoms with E-state index in [4.69, 9.17) is 4.74 Å². The molecule has 104 valence electrons. The largest absolute Gasteiger partial charge is 0.377 e. The highest BCUT2D eigenvalue weighted by Gasteiger charge is 2.49. The SMILES string of the molecule is CC1CNC2(CCCC2)CN1C1(C)CCOC1C. The van der Waals surface area contributed by atoms with Gasteiger partial charge >= 0.3 is 0 Å². The van der Waals surface area contributed by atoms with E-state index in [1.54, 1.807) is 0 Å². The normalized spacial score (nSPS) is 44.8. The van der Waals surface area contributed by atoms with Crippen molar-refractivity contribution >= 4 is 0 Å². The van der Waals surface area contributed by atoms with Gasteiger partial charge in [0, 0.05) is 36.8 Å². The molecule has 0 aromatic heterocycles. The molecule has 18 heavy (non-hydrogen) atoms. The lowest BCUT2D eigenvalue weighted by molar-refractivity contribution is -0.0372. The van der Waals surface area contributed by atoms with Crippen LogP contribution in [-0.2, 0) is 4.74 Å². The van der Waals surface area contributed by atoms with Crippen LogP contribution in [0.3, 0.4) is 0 Å². The lowest BCUT2D eigenvalue weighted by atomic mass is 9.84. The summed E-state index contributed by atoms with van der Waals surface area (Å²) < 4.78 is 5.86. The van der Waals surface area contributed by atoms with E-state index >= 15 is 0 Å². The average molecular weight is 252 g/mol. The second kappa shape index (κ2) is 4.46. The summed E-state index contributed by atoms with van der Waals surface area (Å²) in [4.78, 5) is 2.76. The fourth-order valence-corrected chi connectivity index (χ4v) is 4.29. The van der Waals surface area contributed by atoms with Gasteiger partial charge < -0.3 is 10.1 Å². The van der Waals surface area contributed by atoms with Gasteiger partial charge in [0.1, 0.15) is 0 Å². The van der Waals surface area contributed by atoms with E-state index < -0.39 is 0 Å². The van der Waals surface area contributed by atoms with E-state index in [-0.39, 0.29) is 5.54 Å². The molecule has 1 saturated carbocycles. The number of hydrogen-bond acceptors (Lipinski definition) is 3. The molecule has 0 aromatic rings. The maximum atomic E-state index is 5.86. The van der Waals surface area contributed by atoms with Crippen LogP contribution < -0.4 is 5.32 Å². The van der Waals surface area contributed by atoms with Crippen LogP contribution in [0.25, 0.3) is 0 Å². The molecule has 3 rings (SSSR count). The number of ether oxygens (including phenoxy) is 1. The van der Waals surface area contributed by atoms with Crippen LogP contribution in [0, 0.1) is 0 Å². The van der Waals surface area contributed by atoms with E-state index in [0.717, 1.165) is 13.2 Å². The van der Waals surface area contributed by atoms with Gasteiger partial charge in [-0.1, -0.05) is 12.8 Å². The van der Waals surface area contributed by atoms with Gasteiger partial charge in [-0.05, 0) is 40.0 Å². The minimum Gasteiger partial charge on any atom is -0.377 e. The number of nitrogens with one attached hydrogen (secondary N) is 1. The van der Waals surface area contributed by atoms with Crippen molar-refractivity contribution in [1.82, 2.24) is 10.2 Å². The molecule has 0 radical (unpaired) electrons. The topological polar surface area (TPSA) is 24.5 Å². The predicted molar refractivity (Wildman–Crippen MR) is 73.8 cm³/mol. The van der Waals surface area contributed by atoms with Crippen molar-refractivity contribution in [3.8, 4) is 0 Å². The van der Waals surface area contributed by atoms with E-state index in [9.17, 15) is 0 Å². The second-order valence-corrected chi connectivity index (χ2v) is 6.97. The summed E-state index contributed by atoms with van der Waals surface area (Å²) in [6, 6.07) is 0.630. The third-order valence-corrected chi connectivity index (χ3v) is 5.85. The smallest absolute Gasteiger partial charge is 0.0728 e. The van der Waals surface area contributed by atoms with Crippen LogP contribution in [0.15, 0.2) is 0 Å². The van der Waals surface area contributed by atoms with Gasteiger partial charge in [0.2, 0.25) is 0 Å². The van der Waals surface area contributed by atoms with Crippen molar-refractivity contribution < 1.29 is 4.74 Å². The number of nitrogens with zero attached hydrogens (tertiary/aromatic N) is 1. The Kier molecular flexibility index (Phi) is 3.20. The summed E-state index contributed by atoms with van der Waals surface area (Å²) in [5.41, 5.74) is 0.662. The molecule has 2 heterocycles. The zero-order valence-corrected chi connectivity index (χ0v) is 12.2. The Morgan fingerprint density at radius 3 is 2.50 bits per heavy atom. The molecule has 1 aliphatic carbocycles. The first-order valence-corrected chi connectivity index (χ1v) is 7.69. The molecule has 3 atom stereocenters. The third kappa shape index (κ3) is 1.91. The Balaban J connectivity index is 1.81. The summed E-state index contributed by atoms with van der Waals surface area (Å²) in [6.45, 7) is 10.3. The molecule has 3 unspecified atom stereocenters. The first kappa shape index (κ1) is 12.9. The van der Waals surface area contributed by atoms with Crippen LogP contribution in [0.4, 0.5) is 0 Å². The Hall–Kier alpha value is -0.120. The van der Waals surface area contributed by atoms with Gasteiger partial charge in [0.15, 0.2) is 0 Å². The van der Waals surface area contributed by atoms with Crippen molar-refractivity contribution in [2.24, 2.45) is 0 Å². The van der Waals surface area contributed by atoms with Crippen molar-refractivity contribution in [2.45, 2.75) is 76.1 Å². The molecule has 0 bridgehead atoms. The highest BCUT2D eigenvalue weighted by Crippen LogP contribution is 2.40. The van der Waals surface area contributed by atoms with Crippen LogP contribution >= 0.6 is 0 Å². The zero-order chi connectivity index (χ0) is 12.8. The molecule has 1 N–H and O–H groups in total. The van der Waals surface area contributed by atoms with Crippen molar-refractivity contribution in [3.63, 3.8) is 0 Å². The molecule has 3 aliphatic rings. The molecule has 3 nitrogen and oxygen atoms in total. The maximum absolute atomic E-state index is 5.86. The summed E-state index contributed by atoms with van der Waals surface area (Å²) in [5, 5.41) is 3.85. The maximum Gasteiger partial charge on any atom is 0.0728 e. The van der Waals surface area contributed by atoms with E-state index in [1.165, 1.54) is 38.6 Å². The van der Waals surface area contributed by atoms with E-state index in [1.807, 2.05) is 0 Å². The molecule has 2 aliphatic heterocycles. The van der Waals surface area contributed by atoms with Crippen LogP contribution in [0.1, 0.15) is 52.9 Å². The Labute approximate surface area is 111 Å². The van der Waals surface area contributed by atoms with Gasteiger partial charge in [-0.3, -0.25) is 4.90 Å². The fourth-order valence-electron chi connectivity index (χ4n) is 4.29. The Morgan fingerprint density at radius 2 is 1.89 bits per heavy atom. The zero-order valence-electron chi connectivity index (χ0n) is 12.2. The van der Waals surface area contributed by atoms with Gasteiger partial charge in [0.05, 0.1) is 6.10 Å². The minimum atomic E-state index is 0.247. The number of piperazine rings is 1. The summed E-state index contributed by atoms with van der Waals surface area (Å²) in [7, 11) is 0. The Bertz CT molecular complexity index is 314. The van der Waals surface area contributed by atoms with Gasteiger partial charge in [-0.15, -0.1) is 0 Å². The fraction of sp³-hybridized carbons (Fsp3) is 1.00. The van der Waals surface area contributed by atoms with Gasteiger partial charge in [0.25, 0.3) is 0 Å². The van der Waals surface area contributed by atoms with E-state index in [2.05, 4.69) is 31.0 Å². The summed E-state index contributed by atoms with van der Waals surface area (Å²) in [6.07, 6.45) is 7.09. The molecular weight excluding hydrogens is 224 g/mol. The number of hydrogen-bond donors (Lipinski definition) is 1. The minimum absolute atomic E-state index is 0.247. The summed E-state index contributed by atoms with van der Waals surface area (Å²) in [5.74, 6) is 0. The highest BCUT2D eigenvalue weighted by molar-refractivity contribution is 5.07. The van der Waals surface area contributed by atoms with Crippen molar-refractivity contribution in [3.05, 3.63) is 0 Å². The first-order valence-electron chi connectivity index (χ1n) is 7.69. The molecule has 1 spiro atoms. The highest BCUT2D eigenvalue weighted by atomic mass is 16.5. The van der Waals surface area contributed by atoms with E-state index in [0.29, 0.717) is 17.7 Å². The average Bonchev–Trinajstić information content (AvgIpc) is 2.93. The lowest BCUT2D eigenvalue weighted by Gasteiger charge is -2.53. The predicted octanol–water partition coefficient (Wildman–Crippen LogP) is 2.16. The standard InChI is InChI=1S/C15H28N2O/c1-12-10-16-15(6-4-5-7-15)11-17(12)14(3)8-9-18-13(14)2/h12-13,16H,4-11H2,1-3H3. The molecule has 0 aromatic carbocycles. The van der Waals surface area contributed by atoms with Gasteiger partial charge in [-0.2, -0.15) is 0 Å². The number of rotatable bonds is 1. The quantitative estimate of drug-likeness (QED) is 0.774.